The fourth-order valence-corrected chi connectivity index (χ4v) is 5.17. The van der Waals surface area contributed by atoms with Crippen LogP contribution in [0.15, 0.2) is 35.0 Å². The minimum Gasteiger partial charge on any atom is -0.462 e. The number of hydrogen-bond donors (Lipinski definition) is 1. The fourth-order valence-electron chi connectivity index (χ4n) is 2.49. The van der Waals surface area contributed by atoms with Gasteiger partial charge in [0.1, 0.15) is 10.6 Å². The molecule has 0 atom stereocenters. The predicted octanol–water partition coefficient (Wildman–Crippen LogP) is 5.20. The van der Waals surface area contributed by atoms with Gasteiger partial charge in [-0.15, -0.1) is 34.0 Å². The predicted molar refractivity (Wildman–Crippen MR) is 105 cm³/mol. The van der Waals surface area contributed by atoms with E-state index in [1.165, 1.54) is 22.7 Å². The number of anilines is 1. The molecule has 0 aliphatic rings. The van der Waals surface area contributed by atoms with Gasteiger partial charge in [-0.25, -0.2) is 4.79 Å². The second-order valence-electron chi connectivity index (χ2n) is 5.24. The second-order valence-corrected chi connectivity index (χ2v) is 8.44. The van der Waals surface area contributed by atoms with E-state index >= 15 is 0 Å². The summed E-state index contributed by atoms with van der Waals surface area (Å²) in [4.78, 5) is 27.9. The van der Waals surface area contributed by atoms with Gasteiger partial charge in [0.25, 0.3) is 0 Å². The summed E-state index contributed by atoms with van der Waals surface area (Å²) < 4.78 is 5.23. The summed E-state index contributed by atoms with van der Waals surface area (Å²) in [6.07, 6.45) is 0.297. The Kier molecular flexibility index (Phi) is 5.67. The van der Waals surface area contributed by atoms with Crippen molar-refractivity contribution in [1.82, 2.24) is 0 Å². The zero-order valence-electron chi connectivity index (χ0n) is 13.8. The maximum absolute atomic E-state index is 12.5. The second kappa shape index (κ2) is 7.95. The molecule has 0 fully saturated rings. The summed E-state index contributed by atoms with van der Waals surface area (Å²) in [5, 5.41) is 7.37. The summed E-state index contributed by atoms with van der Waals surface area (Å²) in [7, 11) is 0. The summed E-state index contributed by atoms with van der Waals surface area (Å²) in [6.45, 7) is 4.02. The van der Waals surface area contributed by atoms with Crippen LogP contribution in [0.3, 0.4) is 0 Å². The molecule has 0 aliphatic carbocycles. The van der Waals surface area contributed by atoms with E-state index in [2.05, 4.69) is 5.32 Å². The van der Waals surface area contributed by atoms with E-state index < -0.39 is 5.97 Å². The van der Waals surface area contributed by atoms with Gasteiger partial charge in [-0.2, -0.15) is 0 Å². The number of nitrogens with one attached hydrogen (secondary N) is 1. The van der Waals surface area contributed by atoms with Crippen molar-refractivity contribution >= 4 is 50.9 Å². The van der Waals surface area contributed by atoms with Crippen molar-refractivity contribution in [1.29, 1.82) is 0 Å². The summed E-state index contributed by atoms with van der Waals surface area (Å²) in [5.74, 6) is -0.534. The van der Waals surface area contributed by atoms with Gasteiger partial charge in [-0.3, -0.25) is 4.79 Å². The smallest absolute Gasteiger partial charge is 0.341 e. The molecule has 0 unspecified atom stereocenters. The summed E-state index contributed by atoms with van der Waals surface area (Å²) in [5.41, 5.74) is 1.30. The molecule has 0 spiro atoms. The van der Waals surface area contributed by atoms with Crippen LogP contribution in [0.1, 0.15) is 27.0 Å². The number of carbonyl (C=O) groups is 2. The molecule has 25 heavy (non-hydrogen) atoms. The Balaban J connectivity index is 1.94. The first-order chi connectivity index (χ1) is 12.1. The molecule has 4 nitrogen and oxygen atoms in total. The third-order valence-corrected chi connectivity index (χ3v) is 6.28. The number of ether oxygens (including phenoxy) is 1. The van der Waals surface area contributed by atoms with Gasteiger partial charge in [0, 0.05) is 20.2 Å². The maximum Gasteiger partial charge on any atom is 0.341 e. The van der Waals surface area contributed by atoms with E-state index in [0.717, 1.165) is 20.2 Å². The SMILES string of the molecule is CCOC(=O)c1c(NC(=O)Cc2cccs2)sc(C)c1-c1cccs1. The first-order valence-electron chi connectivity index (χ1n) is 7.76. The lowest BCUT2D eigenvalue weighted by molar-refractivity contribution is -0.115. The lowest BCUT2D eigenvalue weighted by Gasteiger charge is -2.08. The average Bonchev–Trinajstić information content (AvgIpc) is 3.28. The molecule has 0 saturated carbocycles. The Morgan fingerprint density at radius 1 is 1.16 bits per heavy atom. The van der Waals surface area contributed by atoms with Gasteiger partial charge in [0.15, 0.2) is 0 Å². The molecule has 1 amide bonds. The monoisotopic (exact) mass is 391 g/mol. The van der Waals surface area contributed by atoms with Crippen LogP contribution in [0.2, 0.25) is 0 Å². The standard InChI is InChI=1S/C18H17NO3S3/c1-3-22-18(21)16-15(13-7-5-9-24-13)11(2)25-17(16)19-14(20)10-12-6-4-8-23-12/h4-9H,3,10H2,1-2H3,(H,19,20). The molecule has 3 heterocycles. The van der Waals surface area contributed by atoms with E-state index in [0.29, 0.717) is 23.6 Å². The van der Waals surface area contributed by atoms with Crippen LogP contribution in [0.4, 0.5) is 5.00 Å². The summed E-state index contributed by atoms with van der Waals surface area (Å²) in [6, 6.07) is 7.76. The molecule has 1 N–H and O–H groups in total. The van der Waals surface area contributed by atoms with Crippen LogP contribution in [0, 0.1) is 6.92 Å². The van der Waals surface area contributed by atoms with Gasteiger partial charge in [0.2, 0.25) is 5.91 Å². The Bertz CT molecular complexity index is 864. The Labute approximate surface area is 158 Å². The Hall–Kier alpha value is -1.96. The number of thiophene rings is 3. The van der Waals surface area contributed by atoms with Gasteiger partial charge < -0.3 is 10.1 Å². The highest BCUT2D eigenvalue weighted by molar-refractivity contribution is 7.18. The van der Waals surface area contributed by atoms with Gasteiger partial charge in [-0.05, 0) is 36.7 Å². The highest BCUT2D eigenvalue weighted by Crippen LogP contribution is 2.42. The average molecular weight is 392 g/mol. The van der Waals surface area contributed by atoms with Crippen molar-refractivity contribution in [3.63, 3.8) is 0 Å². The Morgan fingerprint density at radius 3 is 2.56 bits per heavy atom. The van der Waals surface area contributed by atoms with E-state index in [4.69, 9.17) is 4.74 Å². The molecule has 0 radical (unpaired) electrons. The van der Waals surface area contributed by atoms with E-state index in [9.17, 15) is 9.59 Å². The van der Waals surface area contributed by atoms with Crippen LogP contribution in [-0.2, 0) is 16.0 Å². The van der Waals surface area contributed by atoms with Crippen molar-refractivity contribution in [2.75, 3.05) is 11.9 Å². The maximum atomic E-state index is 12.5. The first-order valence-corrected chi connectivity index (χ1v) is 10.3. The molecule has 0 aromatic carbocycles. The fraction of sp³-hybridized carbons (Fsp3) is 0.222. The van der Waals surface area contributed by atoms with E-state index in [-0.39, 0.29) is 5.91 Å². The molecule has 3 aromatic rings. The number of esters is 1. The number of carbonyl (C=O) groups excluding carboxylic acids is 2. The van der Waals surface area contributed by atoms with Crippen LogP contribution >= 0.6 is 34.0 Å². The number of aryl methyl sites for hydroxylation is 1. The van der Waals surface area contributed by atoms with Crippen LogP contribution in [-0.4, -0.2) is 18.5 Å². The summed E-state index contributed by atoms with van der Waals surface area (Å²) >= 11 is 4.51. The molecular formula is C18H17NO3S3. The lowest BCUT2D eigenvalue weighted by Crippen LogP contribution is -2.16. The molecule has 3 rings (SSSR count). The molecule has 0 bridgehead atoms. The molecule has 7 heteroatoms. The molecule has 3 aromatic heterocycles. The van der Waals surface area contributed by atoms with E-state index in [1.54, 1.807) is 18.3 Å². The van der Waals surface area contributed by atoms with Gasteiger partial charge in [-0.1, -0.05) is 12.1 Å². The molecular weight excluding hydrogens is 374 g/mol. The first kappa shape index (κ1) is 17.8. The zero-order valence-corrected chi connectivity index (χ0v) is 16.3. The molecule has 130 valence electrons. The third-order valence-electron chi connectivity index (χ3n) is 3.50. The minimum absolute atomic E-state index is 0.132. The van der Waals surface area contributed by atoms with Crippen molar-refractivity contribution in [3.05, 3.63) is 50.3 Å². The molecule has 0 saturated heterocycles. The van der Waals surface area contributed by atoms with Crippen molar-refractivity contribution in [3.8, 4) is 10.4 Å². The van der Waals surface area contributed by atoms with Crippen molar-refractivity contribution < 1.29 is 14.3 Å². The highest BCUT2D eigenvalue weighted by Gasteiger charge is 2.26. The quantitative estimate of drug-likeness (QED) is 0.587. The van der Waals surface area contributed by atoms with Crippen LogP contribution in [0.5, 0.6) is 0 Å². The van der Waals surface area contributed by atoms with Gasteiger partial charge in [0.05, 0.1) is 13.0 Å². The van der Waals surface area contributed by atoms with Crippen molar-refractivity contribution in [2.45, 2.75) is 20.3 Å². The Morgan fingerprint density at radius 2 is 1.92 bits per heavy atom. The van der Waals surface area contributed by atoms with E-state index in [1.807, 2.05) is 41.9 Å². The van der Waals surface area contributed by atoms with Gasteiger partial charge >= 0.3 is 5.97 Å². The number of rotatable bonds is 6. The van der Waals surface area contributed by atoms with Crippen LogP contribution < -0.4 is 5.32 Å². The van der Waals surface area contributed by atoms with Crippen LogP contribution in [0.25, 0.3) is 10.4 Å². The number of amides is 1. The lowest BCUT2D eigenvalue weighted by atomic mass is 10.1. The third kappa shape index (κ3) is 4.00. The number of hydrogen-bond acceptors (Lipinski definition) is 6. The zero-order chi connectivity index (χ0) is 17.8. The minimum atomic E-state index is -0.401. The molecule has 0 aliphatic heterocycles. The van der Waals surface area contributed by atoms with Crippen molar-refractivity contribution in [2.24, 2.45) is 0 Å². The largest absolute Gasteiger partial charge is 0.462 e. The topological polar surface area (TPSA) is 55.4 Å². The normalized spacial score (nSPS) is 10.6. The highest BCUT2D eigenvalue weighted by atomic mass is 32.1.